The van der Waals surface area contributed by atoms with E-state index in [0.29, 0.717) is 22.3 Å². The topological polar surface area (TPSA) is 98.1 Å². The summed E-state index contributed by atoms with van der Waals surface area (Å²) in [5.74, 6) is 1.15. The zero-order chi connectivity index (χ0) is 22.4. The molecule has 2 aromatic carbocycles. The molecule has 0 aliphatic heterocycles. The Morgan fingerprint density at radius 2 is 1.84 bits per heavy atom. The largest absolute Gasteiger partial charge is 0.497 e. The number of carbonyl (C=O) groups is 2. The third kappa shape index (κ3) is 5.64. The van der Waals surface area contributed by atoms with Crippen LogP contribution in [0.25, 0.3) is 0 Å². The number of methoxy groups -OCH3 is 1. The average molecular weight is 440 g/mol. The van der Waals surface area contributed by atoms with Gasteiger partial charge in [-0.05, 0) is 49.7 Å². The molecule has 162 valence electrons. The number of anilines is 1. The minimum atomic E-state index is -0.359. The Labute approximate surface area is 185 Å². The molecule has 2 N–H and O–H groups in total. The third-order valence-corrected chi connectivity index (χ3v) is 5.73. The van der Waals surface area contributed by atoms with Crippen molar-refractivity contribution in [3.8, 4) is 5.75 Å². The Morgan fingerprint density at radius 1 is 1.13 bits per heavy atom. The molecule has 0 fully saturated rings. The molecule has 31 heavy (non-hydrogen) atoms. The van der Waals surface area contributed by atoms with Crippen LogP contribution in [0.2, 0.25) is 0 Å². The minimum Gasteiger partial charge on any atom is -0.497 e. The van der Waals surface area contributed by atoms with Crippen molar-refractivity contribution < 1.29 is 14.3 Å². The molecule has 0 unspecified atom stereocenters. The lowest BCUT2D eigenvalue weighted by Crippen LogP contribution is -2.28. The molecule has 0 spiro atoms. The van der Waals surface area contributed by atoms with E-state index >= 15 is 0 Å². The van der Waals surface area contributed by atoms with E-state index in [-0.39, 0.29) is 23.6 Å². The summed E-state index contributed by atoms with van der Waals surface area (Å²) in [6.07, 6.45) is 0. The van der Waals surface area contributed by atoms with E-state index in [1.54, 1.807) is 35.9 Å². The lowest BCUT2D eigenvalue weighted by atomic mass is 10.2. The van der Waals surface area contributed by atoms with Crippen molar-refractivity contribution in [3.05, 3.63) is 65.5 Å². The van der Waals surface area contributed by atoms with Crippen molar-refractivity contribution in [2.24, 2.45) is 7.05 Å². The van der Waals surface area contributed by atoms with Crippen molar-refractivity contribution in [3.63, 3.8) is 0 Å². The second kappa shape index (κ2) is 10.1. The van der Waals surface area contributed by atoms with Crippen molar-refractivity contribution >= 4 is 29.3 Å². The van der Waals surface area contributed by atoms with Gasteiger partial charge in [0.1, 0.15) is 5.75 Å². The van der Waals surface area contributed by atoms with E-state index in [0.717, 1.165) is 11.3 Å². The second-order valence-electron chi connectivity index (χ2n) is 6.98. The molecule has 2 amide bonds. The summed E-state index contributed by atoms with van der Waals surface area (Å²) in [6.45, 7) is 3.78. The smallest absolute Gasteiger partial charge is 0.251 e. The molecule has 3 aromatic rings. The van der Waals surface area contributed by atoms with E-state index in [1.807, 2.05) is 45.2 Å². The van der Waals surface area contributed by atoms with E-state index in [2.05, 4.69) is 20.8 Å². The van der Waals surface area contributed by atoms with Gasteiger partial charge in [0, 0.05) is 18.3 Å². The molecule has 0 saturated carbocycles. The monoisotopic (exact) mass is 439 g/mol. The fourth-order valence-corrected chi connectivity index (χ4v) is 3.66. The number of ether oxygens (including phenoxy) is 1. The van der Waals surface area contributed by atoms with E-state index in [9.17, 15) is 9.59 Å². The number of amides is 2. The van der Waals surface area contributed by atoms with Crippen molar-refractivity contribution in [1.29, 1.82) is 0 Å². The number of para-hydroxylation sites is 1. The number of nitrogens with zero attached hydrogens (tertiary/aromatic N) is 3. The fourth-order valence-electron chi connectivity index (χ4n) is 2.95. The molecule has 0 radical (unpaired) electrons. The molecular formula is C22H25N5O3S. The average Bonchev–Trinajstić information content (AvgIpc) is 3.14. The van der Waals surface area contributed by atoms with Crippen LogP contribution in [0, 0.1) is 6.92 Å². The summed E-state index contributed by atoms with van der Waals surface area (Å²) in [6, 6.07) is 14.1. The van der Waals surface area contributed by atoms with Gasteiger partial charge in [-0.25, -0.2) is 0 Å². The molecule has 8 nitrogen and oxygen atoms in total. The van der Waals surface area contributed by atoms with E-state index < -0.39 is 0 Å². The molecule has 0 aliphatic carbocycles. The summed E-state index contributed by atoms with van der Waals surface area (Å²) in [7, 11) is 3.39. The highest BCUT2D eigenvalue weighted by atomic mass is 32.2. The predicted octanol–water partition coefficient (Wildman–Crippen LogP) is 3.35. The van der Waals surface area contributed by atoms with E-state index in [4.69, 9.17) is 4.74 Å². The van der Waals surface area contributed by atoms with Gasteiger partial charge in [0.25, 0.3) is 5.91 Å². The molecule has 1 heterocycles. The van der Waals surface area contributed by atoms with Crippen LogP contribution in [0.3, 0.4) is 0 Å². The van der Waals surface area contributed by atoms with Crippen molar-refractivity contribution in [1.82, 2.24) is 20.1 Å². The summed E-state index contributed by atoms with van der Waals surface area (Å²) >= 11 is 1.29. The first-order valence-electron chi connectivity index (χ1n) is 9.71. The highest BCUT2D eigenvalue weighted by Gasteiger charge is 2.19. The van der Waals surface area contributed by atoms with Crippen molar-refractivity contribution in [2.45, 2.75) is 25.0 Å². The SMILES string of the molecule is COc1ccc(C(=O)N[C@@H](C)c2nnc(SCC(=O)Nc3ccccc3C)n2C)cc1. The number of nitrogens with one attached hydrogen (secondary N) is 2. The van der Waals surface area contributed by atoms with Crippen molar-refractivity contribution in [2.75, 3.05) is 18.2 Å². The van der Waals surface area contributed by atoms with Crippen LogP contribution >= 0.6 is 11.8 Å². The first-order valence-corrected chi connectivity index (χ1v) is 10.7. The van der Waals surface area contributed by atoms with Gasteiger partial charge in [0.2, 0.25) is 5.91 Å². The lowest BCUT2D eigenvalue weighted by molar-refractivity contribution is -0.113. The Kier molecular flexibility index (Phi) is 7.30. The van der Waals surface area contributed by atoms with Gasteiger partial charge in [-0.1, -0.05) is 30.0 Å². The number of hydrogen-bond acceptors (Lipinski definition) is 6. The molecule has 0 aliphatic rings. The van der Waals surface area contributed by atoms with Crippen LogP contribution in [-0.4, -0.2) is 39.4 Å². The number of carbonyl (C=O) groups excluding carboxylic acids is 2. The number of thioether (sulfide) groups is 1. The number of benzene rings is 2. The molecule has 1 atom stereocenters. The van der Waals surface area contributed by atoms with Crippen LogP contribution in [0.5, 0.6) is 5.75 Å². The summed E-state index contributed by atoms with van der Waals surface area (Å²) in [5, 5.41) is 14.8. The van der Waals surface area contributed by atoms with Gasteiger partial charge in [-0.3, -0.25) is 9.59 Å². The first-order chi connectivity index (χ1) is 14.9. The van der Waals surface area contributed by atoms with Gasteiger partial charge in [0.05, 0.1) is 18.9 Å². The number of rotatable bonds is 8. The zero-order valence-electron chi connectivity index (χ0n) is 17.9. The maximum Gasteiger partial charge on any atom is 0.251 e. The number of aryl methyl sites for hydroxylation is 1. The van der Waals surface area contributed by atoms with Gasteiger partial charge in [-0.15, -0.1) is 10.2 Å². The highest BCUT2D eigenvalue weighted by Crippen LogP contribution is 2.21. The lowest BCUT2D eigenvalue weighted by Gasteiger charge is -2.14. The minimum absolute atomic E-state index is 0.121. The molecule has 0 saturated heterocycles. The standard InChI is InChI=1S/C22H25N5O3S/c1-14-7-5-6-8-18(14)24-19(28)13-31-22-26-25-20(27(22)3)15(2)23-21(29)16-9-11-17(30-4)12-10-16/h5-12,15H,13H2,1-4H3,(H,23,29)(H,24,28)/t15-/m0/s1. The van der Waals surface area contributed by atoms with Gasteiger partial charge in [0.15, 0.2) is 11.0 Å². The Hall–Kier alpha value is -3.33. The Balaban J connectivity index is 1.57. The number of aromatic nitrogens is 3. The Morgan fingerprint density at radius 3 is 2.52 bits per heavy atom. The van der Waals surface area contributed by atoms with Gasteiger partial charge in [-0.2, -0.15) is 0 Å². The third-order valence-electron chi connectivity index (χ3n) is 4.71. The van der Waals surface area contributed by atoms with Crippen LogP contribution < -0.4 is 15.4 Å². The van der Waals surface area contributed by atoms with Gasteiger partial charge >= 0.3 is 0 Å². The maximum absolute atomic E-state index is 12.5. The van der Waals surface area contributed by atoms with Crippen LogP contribution in [0.15, 0.2) is 53.7 Å². The van der Waals surface area contributed by atoms with Crippen LogP contribution in [0.4, 0.5) is 5.69 Å². The van der Waals surface area contributed by atoms with Crippen LogP contribution in [0.1, 0.15) is 34.7 Å². The molecular weight excluding hydrogens is 414 g/mol. The summed E-state index contributed by atoms with van der Waals surface area (Å²) in [5.41, 5.74) is 2.32. The Bertz CT molecular complexity index is 1070. The predicted molar refractivity (Wildman–Crippen MR) is 120 cm³/mol. The quantitative estimate of drug-likeness (QED) is 0.523. The van der Waals surface area contributed by atoms with E-state index in [1.165, 1.54) is 11.8 Å². The summed E-state index contributed by atoms with van der Waals surface area (Å²) in [4.78, 5) is 24.8. The molecule has 9 heteroatoms. The highest BCUT2D eigenvalue weighted by molar-refractivity contribution is 7.99. The molecule has 1 aromatic heterocycles. The second-order valence-corrected chi connectivity index (χ2v) is 7.92. The molecule has 3 rings (SSSR count). The van der Waals surface area contributed by atoms with Gasteiger partial charge < -0.3 is 19.9 Å². The maximum atomic E-state index is 12.5. The molecule has 0 bridgehead atoms. The van der Waals surface area contributed by atoms with Crippen LogP contribution in [-0.2, 0) is 11.8 Å². The normalized spacial score (nSPS) is 11.6. The zero-order valence-corrected chi connectivity index (χ0v) is 18.7. The first kappa shape index (κ1) is 22.4. The summed E-state index contributed by atoms with van der Waals surface area (Å²) < 4.78 is 6.89. The number of hydrogen-bond donors (Lipinski definition) is 2. The fraction of sp³-hybridized carbons (Fsp3) is 0.273.